The molecule has 0 radical (unpaired) electrons. The maximum atomic E-state index is 12.4. The van der Waals surface area contributed by atoms with Crippen molar-refractivity contribution in [2.45, 2.75) is 25.8 Å². The van der Waals surface area contributed by atoms with E-state index in [1.54, 1.807) is 0 Å². The van der Waals surface area contributed by atoms with Gasteiger partial charge in [0.2, 0.25) is 5.91 Å². The lowest BCUT2D eigenvalue weighted by atomic mass is 10.0. The number of carbonyl (C=O) groups excluding carboxylic acids is 2. The van der Waals surface area contributed by atoms with Crippen molar-refractivity contribution in [1.29, 1.82) is 0 Å². The first-order valence-corrected chi connectivity index (χ1v) is 8.33. The molecule has 2 heterocycles. The Morgan fingerprint density at radius 3 is 2.71 bits per heavy atom. The van der Waals surface area contributed by atoms with Crippen molar-refractivity contribution in [3.8, 4) is 11.5 Å². The summed E-state index contributed by atoms with van der Waals surface area (Å²) < 4.78 is 11.2. The maximum Gasteiger partial charge on any atom is 0.317 e. The summed E-state index contributed by atoms with van der Waals surface area (Å²) in [5.41, 5.74) is 1.06. The van der Waals surface area contributed by atoms with Crippen molar-refractivity contribution < 1.29 is 19.1 Å². The number of hydrogen-bond acceptors (Lipinski definition) is 4. The van der Waals surface area contributed by atoms with E-state index in [4.69, 9.17) is 9.47 Å². The fraction of sp³-hybridized carbons (Fsp3) is 0.529. The molecule has 0 saturated carbocycles. The highest BCUT2D eigenvalue weighted by atomic mass is 16.6. The van der Waals surface area contributed by atoms with Gasteiger partial charge < -0.3 is 25.0 Å². The summed E-state index contributed by atoms with van der Waals surface area (Å²) in [4.78, 5) is 25.1. The van der Waals surface area contributed by atoms with E-state index in [9.17, 15) is 9.59 Å². The van der Waals surface area contributed by atoms with Crippen LogP contribution in [-0.2, 0) is 4.79 Å². The lowest BCUT2D eigenvalue weighted by Gasteiger charge is -2.27. The summed E-state index contributed by atoms with van der Waals surface area (Å²) >= 11 is 0. The molecule has 0 spiro atoms. The Bertz CT molecular complexity index is 620. The van der Waals surface area contributed by atoms with E-state index in [1.165, 1.54) is 6.92 Å². The number of hydrogen-bond donors (Lipinski definition) is 2. The molecule has 1 aromatic carbocycles. The average molecular weight is 333 g/mol. The van der Waals surface area contributed by atoms with Crippen molar-refractivity contribution in [2.75, 3.05) is 32.8 Å². The Kier molecular flexibility index (Phi) is 5.08. The molecule has 0 bridgehead atoms. The van der Waals surface area contributed by atoms with Crippen molar-refractivity contribution in [1.82, 2.24) is 15.5 Å². The summed E-state index contributed by atoms with van der Waals surface area (Å²) in [5, 5.41) is 5.52. The summed E-state index contributed by atoms with van der Waals surface area (Å²) in [5.74, 6) is 1.41. The Labute approximate surface area is 141 Å². The van der Waals surface area contributed by atoms with E-state index in [0.717, 1.165) is 36.4 Å². The molecule has 3 amide bonds. The van der Waals surface area contributed by atoms with Gasteiger partial charge in [-0.1, -0.05) is 6.07 Å². The molecular weight excluding hydrogens is 310 g/mol. The number of rotatable bonds is 4. The van der Waals surface area contributed by atoms with Crippen LogP contribution in [0.25, 0.3) is 0 Å². The molecule has 1 atom stereocenters. The van der Waals surface area contributed by atoms with Gasteiger partial charge in [-0.2, -0.15) is 0 Å². The molecule has 2 N–H and O–H groups in total. The third kappa shape index (κ3) is 3.72. The van der Waals surface area contributed by atoms with Crippen LogP contribution in [0, 0.1) is 0 Å². The van der Waals surface area contributed by atoms with Gasteiger partial charge in [0.1, 0.15) is 13.2 Å². The van der Waals surface area contributed by atoms with Crippen molar-refractivity contribution in [3.05, 3.63) is 23.8 Å². The zero-order chi connectivity index (χ0) is 16.9. The average Bonchev–Trinajstić information content (AvgIpc) is 3.07. The van der Waals surface area contributed by atoms with Crippen LogP contribution >= 0.6 is 0 Å². The van der Waals surface area contributed by atoms with E-state index in [-0.39, 0.29) is 18.0 Å². The first kappa shape index (κ1) is 16.4. The van der Waals surface area contributed by atoms with Crippen LogP contribution in [0.3, 0.4) is 0 Å². The molecule has 7 heteroatoms. The Balaban J connectivity index is 1.62. The minimum absolute atomic E-state index is 0.0431. The largest absolute Gasteiger partial charge is 0.486 e. The predicted molar refractivity (Wildman–Crippen MR) is 88.2 cm³/mol. The Hall–Kier alpha value is -2.44. The lowest BCUT2D eigenvalue weighted by Crippen LogP contribution is -2.42. The van der Waals surface area contributed by atoms with Gasteiger partial charge in [0.05, 0.1) is 6.04 Å². The quantitative estimate of drug-likeness (QED) is 0.817. The van der Waals surface area contributed by atoms with Gasteiger partial charge in [0.15, 0.2) is 11.5 Å². The first-order valence-electron chi connectivity index (χ1n) is 8.33. The summed E-state index contributed by atoms with van der Waals surface area (Å²) in [6, 6.07) is 5.83. The maximum absolute atomic E-state index is 12.4. The van der Waals surface area contributed by atoms with Crippen LogP contribution in [-0.4, -0.2) is 49.7 Å². The van der Waals surface area contributed by atoms with E-state index >= 15 is 0 Å². The van der Waals surface area contributed by atoms with Crippen molar-refractivity contribution in [2.24, 2.45) is 0 Å². The lowest BCUT2D eigenvalue weighted by molar-refractivity contribution is -0.118. The number of urea groups is 1. The summed E-state index contributed by atoms with van der Waals surface area (Å²) in [7, 11) is 0. The highest BCUT2D eigenvalue weighted by molar-refractivity contribution is 5.75. The zero-order valence-corrected chi connectivity index (χ0v) is 13.8. The molecule has 0 aliphatic carbocycles. The van der Waals surface area contributed by atoms with Crippen LogP contribution in [0.4, 0.5) is 4.79 Å². The Morgan fingerprint density at radius 2 is 1.92 bits per heavy atom. The second-order valence-electron chi connectivity index (χ2n) is 5.97. The van der Waals surface area contributed by atoms with E-state index in [2.05, 4.69) is 10.6 Å². The molecule has 1 saturated heterocycles. The molecule has 24 heavy (non-hydrogen) atoms. The second-order valence-corrected chi connectivity index (χ2v) is 5.97. The number of carbonyl (C=O) groups is 2. The van der Waals surface area contributed by atoms with Gasteiger partial charge in [-0.05, 0) is 30.5 Å². The van der Waals surface area contributed by atoms with E-state index in [1.807, 2.05) is 23.1 Å². The molecule has 0 aromatic heterocycles. The van der Waals surface area contributed by atoms with E-state index < -0.39 is 0 Å². The third-order valence-electron chi connectivity index (χ3n) is 4.24. The standard InChI is InChI=1S/C17H23N3O4/c1-12(21)18-6-7-19-17(22)20-8-2-3-14(20)13-4-5-15-16(11-13)24-10-9-23-15/h4-5,11,14H,2-3,6-10H2,1H3,(H,18,21)(H,19,22)/t14-/m1/s1. The number of benzene rings is 1. The van der Waals surface area contributed by atoms with Gasteiger partial charge in [-0.3, -0.25) is 4.79 Å². The van der Waals surface area contributed by atoms with Crippen LogP contribution in [0.1, 0.15) is 31.4 Å². The monoisotopic (exact) mass is 333 g/mol. The minimum Gasteiger partial charge on any atom is -0.486 e. The molecule has 3 rings (SSSR count). The molecule has 7 nitrogen and oxygen atoms in total. The molecule has 2 aliphatic heterocycles. The smallest absolute Gasteiger partial charge is 0.317 e. The van der Waals surface area contributed by atoms with Crippen LogP contribution < -0.4 is 20.1 Å². The highest BCUT2D eigenvalue weighted by Crippen LogP contribution is 2.37. The number of nitrogens with zero attached hydrogens (tertiary/aromatic N) is 1. The normalized spacial score (nSPS) is 19.0. The number of nitrogens with one attached hydrogen (secondary N) is 2. The SMILES string of the molecule is CC(=O)NCCNC(=O)N1CCC[C@@H]1c1ccc2c(c1)OCCO2. The topological polar surface area (TPSA) is 79.9 Å². The van der Waals surface area contributed by atoms with Crippen LogP contribution in [0.5, 0.6) is 11.5 Å². The number of ether oxygens (including phenoxy) is 2. The zero-order valence-electron chi connectivity index (χ0n) is 13.8. The number of fused-ring (bicyclic) bond motifs is 1. The molecule has 1 fully saturated rings. The molecular formula is C17H23N3O4. The fourth-order valence-electron chi connectivity index (χ4n) is 3.13. The first-order chi connectivity index (χ1) is 11.6. The fourth-order valence-corrected chi connectivity index (χ4v) is 3.13. The summed E-state index contributed by atoms with van der Waals surface area (Å²) in [6.07, 6.45) is 1.90. The van der Waals surface area contributed by atoms with Gasteiger partial charge >= 0.3 is 6.03 Å². The minimum atomic E-state index is -0.0993. The van der Waals surface area contributed by atoms with Gasteiger partial charge in [-0.15, -0.1) is 0 Å². The van der Waals surface area contributed by atoms with E-state index in [0.29, 0.717) is 26.3 Å². The molecule has 0 unspecified atom stereocenters. The van der Waals surface area contributed by atoms with Gasteiger partial charge in [-0.25, -0.2) is 4.79 Å². The molecule has 2 aliphatic rings. The third-order valence-corrected chi connectivity index (χ3v) is 4.24. The predicted octanol–water partition coefficient (Wildman–Crippen LogP) is 1.44. The van der Waals surface area contributed by atoms with Crippen LogP contribution in [0.15, 0.2) is 18.2 Å². The number of amides is 3. The van der Waals surface area contributed by atoms with Crippen LogP contribution in [0.2, 0.25) is 0 Å². The van der Waals surface area contributed by atoms with Gasteiger partial charge in [0, 0.05) is 26.6 Å². The van der Waals surface area contributed by atoms with Gasteiger partial charge in [0.25, 0.3) is 0 Å². The number of likely N-dealkylation sites (tertiary alicyclic amines) is 1. The van der Waals surface area contributed by atoms with Crippen molar-refractivity contribution >= 4 is 11.9 Å². The Morgan fingerprint density at radius 1 is 1.17 bits per heavy atom. The molecule has 130 valence electrons. The highest BCUT2D eigenvalue weighted by Gasteiger charge is 2.30. The molecule has 1 aromatic rings. The summed E-state index contributed by atoms with van der Waals surface area (Å²) in [6.45, 7) is 4.16. The second kappa shape index (κ2) is 7.42. The van der Waals surface area contributed by atoms with Crippen molar-refractivity contribution in [3.63, 3.8) is 0 Å².